The van der Waals surface area contributed by atoms with Crippen LogP contribution < -0.4 is 4.90 Å². The van der Waals surface area contributed by atoms with Crippen LogP contribution in [0.25, 0.3) is 11.6 Å². The number of carbonyl (C=O) groups excluding carboxylic acids is 1. The van der Waals surface area contributed by atoms with E-state index < -0.39 is 0 Å². The minimum Gasteiger partial charge on any atom is -0.461 e. The molecule has 0 spiro atoms. The van der Waals surface area contributed by atoms with Gasteiger partial charge in [-0.3, -0.25) is 9.36 Å². The minimum absolute atomic E-state index is 0.107. The highest BCUT2D eigenvalue weighted by Crippen LogP contribution is 2.29. The number of amides is 1. The van der Waals surface area contributed by atoms with Crippen LogP contribution in [-0.2, 0) is 17.8 Å². The summed E-state index contributed by atoms with van der Waals surface area (Å²) in [5, 5.41) is 9.39. The lowest BCUT2D eigenvalue weighted by molar-refractivity contribution is -0.116. The van der Waals surface area contributed by atoms with Gasteiger partial charge in [0.05, 0.1) is 12.0 Å². The fraction of sp³-hybridized carbons (Fsp3) is 0.381. The Labute approximate surface area is 168 Å². The third-order valence-corrected chi connectivity index (χ3v) is 5.69. The molecule has 1 aliphatic heterocycles. The van der Waals surface area contributed by atoms with Gasteiger partial charge in [0.15, 0.2) is 16.7 Å². The van der Waals surface area contributed by atoms with Crippen LogP contribution in [0.2, 0.25) is 0 Å². The molecule has 6 nitrogen and oxygen atoms in total. The molecule has 0 unspecified atom stereocenters. The van der Waals surface area contributed by atoms with E-state index in [9.17, 15) is 4.79 Å². The van der Waals surface area contributed by atoms with Crippen LogP contribution in [0.5, 0.6) is 0 Å². The minimum atomic E-state index is 0.107. The molecule has 2 aromatic heterocycles. The number of anilines is 1. The number of aromatic nitrogens is 3. The van der Waals surface area contributed by atoms with Crippen molar-refractivity contribution >= 4 is 23.4 Å². The SMILES string of the molecule is CC(C)Cn1c(SCC(=O)N2CCCc3ccccc32)nnc1-c1ccco1. The van der Waals surface area contributed by atoms with Crippen LogP contribution in [0.4, 0.5) is 5.69 Å². The standard InChI is InChI=1S/C21H24N4O2S/c1-15(2)13-25-20(18-10-6-12-27-18)22-23-21(25)28-14-19(26)24-11-5-8-16-7-3-4-9-17(16)24/h3-4,6-7,9-10,12,15H,5,8,11,13-14H2,1-2H3. The van der Waals surface area contributed by atoms with Crippen molar-refractivity contribution < 1.29 is 9.21 Å². The molecule has 0 saturated carbocycles. The summed E-state index contributed by atoms with van der Waals surface area (Å²) in [7, 11) is 0. The molecule has 0 N–H and O–H groups in total. The molecular formula is C21H24N4O2S. The Hall–Kier alpha value is -2.54. The van der Waals surface area contributed by atoms with Crippen LogP contribution in [0.15, 0.2) is 52.2 Å². The summed E-state index contributed by atoms with van der Waals surface area (Å²) in [5.41, 5.74) is 2.29. The third kappa shape index (κ3) is 3.85. The molecule has 0 aliphatic carbocycles. The molecule has 0 bridgehead atoms. The second kappa shape index (κ2) is 8.22. The first-order valence-corrected chi connectivity index (χ1v) is 10.6. The van der Waals surface area contributed by atoms with Gasteiger partial charge in [-0.1, -0.05) is 43.8 Å². The highest BCUT2D eigenvalue weighted by Gasteiger charge is 2.24. The van der Waals surface area contributed by atoms with Crippen molar-refractivity contribution in [1.82, 2.24) is 14.8 Å². The maximum absolute atomic E-state index is 12.9. The van der Waals surface area contributed by atoms with Gasteiger partial charge in [0.1, 0.15) is 0 Å². The molecule has 0 atom stereocenters. The highest BCUT2D eigenvalue weighted by atomic mass is 32.2. The molecule has 4 rings (SSSR count). The van der Waals surface area contributed by atoms with Crippen LogP contribution in [0, 0.1) is 5.92 Å². The lowest BCUT2D eigenvalue weighted by atomic mass is 10.0. The Balaban J connectivity index is 1.52. The molecule has 1 aliphatic rings. The Morgan fingerprint density at radius 2 is 2.07 bits per heavy atom. The monoisotopic (exact) mass is 396 g/mol. The van der Waals surface area contributed by atoms with E-state index in [4.69, 9.17) is 4.42 Å². The number of nitrogens with zero attached hydrogens (tertiary/aromatic N) is 4. The number of benzene rings is 1. The fourth-order valence-electron chi connectivity index (χ4n) is 3.51. The van der Waals surface area contributed by atoms with Gasteiger partial charge in [-0.15, -0.1) is 10.2 Å². The van der Waals surface area contributed by atoms with Crippen molar-refractivity contribution in [2.45, 2.75) is 38.4 Å². The fourth-order valence-corrected chi connectivity index (χ4v) is 4.33. The van der Waals surface area contributed by atoms with E-state index in [1.54, 1.807) is 6.26 Å². The zero-order valence-corrected chi connectivity index (χ0v) is 17.0. The molecule has 146 valence electrons. The lowest BCUT2D eigenvalue weighted by Crippen LogP contribution is -2.36. The van der Waals surface area contributed by atoms with Crippen molar-refractivity contribution in [3.8, 4) is 11.6 Å². The van der Waals surface area contributed by atoms with Crippen LogP contribution in [0.3, 0.4) is 0 Å². The van der Waals surface area contributed by atoms with E-state index >= 15 is 0 Å². The molecule has 0 fully saturated rings. The molecule has 0 saturated heterocycles. The first-order chi connectivity index (χ1) is 13.6. The number of rotatable bonds is 6. The topological polar surface area (TPSA) is 64.2 Å². The normalized spacial score (nSPS) is 13.8. The van der Waals surface area contributed by atoms with Gasteiger partial charge >= 0.3 is 0 Å². The summed E-state index contributed by atoms with van der Waals surface area (Å²) < 4.78 is 7.55. The molecule has 28 heavy (non-hydrogen) atoms. The Morgan fingerprint density at radius 3 is 2.86 bits per heavy atom. The number of hydrogen-bond donors (Lipinski definition) is 0. The smallest absolute Gasteiger partial charge is 0.237 e. The summed E-state index contributed by atoms with van der Waals surface area (Å²) in [6.07, 6.45) is 3.66. The number of hydrogen-bond acceptors (Lipinski definition) is 5. The molecule has 3 aromatic rings. The van der Waals surface area contributed by atoms with E-state index in [1.807, 2.05) is 39.8 Å². The summed E-state index contributed by atoms with van der Waals surface area (Å²) in [5.74, 6) is 2.26. The van der Waals surface area contributed by atoms with E-state index in [0.717, 1.165) is 36.8 Å². The second-order valence-corrected chi connectivity index (χ2v) is 8.30. The van der Waals surface area contributed by atoms with Crippen molar-refractivity contribution in [3.05, 3.63) is 48.2 Å². The molecule has 1 amide bonds. The van der Waals surface area contributed by atoms with Gasteiger partial charge < -0.3 is 9.32 Å². The van der Waals surface area contributed by atoms with E-state index in [1.165, 1.54) is 17.3 Å². The number of furan rings is 1. The van der Waals surface area contributed by atoms with Crippen LogP contribution in [-0.4, -0.2) is 33.0 Å². The molecule has 3 heterocycles. The number of carbonyl (C=O) groups is 1. The van der Waals surface area contributed by atoms with Gasteiger partial charge in [0.2, 0.25) is 5.91 Å². The van der Waals surface area contributed by atoms with Gasteiger partial charge in [-0.2, -0.15) is 0 Å². The van der Waals surface area contributed by atoms with E-state index in [-0.39, 0.29) is 5.91 Å². The second-order valence-electron chi connectivity index (χ2n) is 7.35. The molecule has 0 radical (unpaired) electrons. The maximum Gasteiger partial charge on any atom is 0.237 e. The van der Waals surface area contributed by atoms with Gasteiger partial charge in [0, 0.05) is 18.8 Å². The molecular weight excluding hydrogens is 372 g/mol. The zero-order chi connectivity index (χ0) is 19.5. The first-order valence-electron chi connectivity index (χ1n) is 9.61. The van der Waals surface area contributed by atoms with Crippen molar-refractivity contribution in [3.63, 3.8) is 0 Å². The van der Waals surface area contributed by atoms with Crippen molar-refractivity contribution in [2.24, 2.45) is 5.92 Å². The van der Waals surface area contributed by atoms with Crippen LogP contribution >= 0.6 is 11.8 Å². The highest BCUT2D eigenvalue weighted by molar-refractivity contribution is 7.99. The molecule has 7 heteroatoms. The average molecular weight is 397 g/mol. The number of para-hydroxylation sites is 1. The summed E-state index contributed by atoms with van der Waals surface area (Å²) in [6.45, 7) is 5.84. The Bertz CT molecular complexity index is 949. The Morgan fingerprint density at radius 1 is 1.21 bits per heavy atom. The number of fused-ring (bicyclic) bond motifs is 1. The van der Waals surface area contributed by atoms with Crippen molar-refractivity contribution in [1.29, 1.82) is 0 Å². The zero-order valence-electron chi connectivity index (χ0n) is 16.2. The quantitative estimate of drug-likeness (QED) is 0.582. The third-order valence-electron chi connectivity index (χ3n) is 4.74. The predicted octanol–water partition coefficient (Wildman–Crippen LogP) is 4.27. The maximum atomic E-state index is 12.9. The average Bonchev–Trinajstić information content (AvgIpc) is 3.35. The lowest BCUT2D eigenvalue weighted by Gasteiger charge is -2.29. The predicted molar refractivity (Wildman–Crippen MR) is 110 cm³/mol. The first kappa shape index (κ1) is 18.8. The van der Waals surface area contributed by atoms with Gasteiger partial charge in [0.25, 0.3) is 0 Å². The summed E-state index contributed by atoms with van der Waals surface area (Å²) >= 11 is 1.44. The summed E-state index contributed by atoms with van der Waals surface area (Å²) in [6, 6.07) is 11.9. The molecule has 1 aromatic carbocycles. The largest absolute Gasteiger partial charge is 0.461 e. The number of aryl methyl sites for hydroxylation is 1. The van der Waals surface area contributed by atoms with Gasteiger partial charge in [-0.25, -0.2) is 0 Å². The number of thioether (sulfide) groups is 1. The van der Waals surface area contributed by atoms with Crippen LogP contribution in [0.1, 0.15) is 25.8 Å². The summed E-state index contributed by atoms with van der Waals surface area (Å²) in [4.78, 5) is 14.8. The Kier molecular flexibility index (Phi) is 5.52. The van der Waals surface area contributed by atoms with E-state index in [0.29, 0.717) is 23.3 Å². The van der Waals surface area contributed by atoms with Gasteiger partial charge in [-0.05, 0) is 42.5 Å². The van der Waals surface area contributed by atoms with Crippen molar-refractivity contribution in [2.75, 3.05) is 17.2 Å². The van der Waals surface area contributed by atoms with E-state index in [2.05, 4.69) is 30.1 Å².